The fraction of sp³-hybridized carbons (Fsp3) is 0.105. The molecule has 2 aromatic carbocycles. The monoisotopic (exact) mass is 422 g/mol. The van der Waals surface area contributed by atoms with Gasteiger partial charge in [0, 0.05) is 15.6 Å². The molecule has 0 radical (unpaired) electrons. The van der Waals surface area contributed by atoms with Gasteiger partial charge in [-0.05, 0) is 37.3 Å². The zero-order valence-electron chi connectivity index (χ0n) is 14.1. The third-order valence-corrected chi connectivity index (χ3v) is 4.55. The van der Waals surface area contributed by atoms with Gasteiger partial charge in [0.2, 0.25) is 0 Å². The van der Waals surface area contributed by atoms with Gasteiger partial charge in [0.25, 0.3) is 0 Å². The fourth-order valence-corrected chi connectivity index (χ4v) is 3.22. The number of halogens is 3. The molecule has 3 rings (SSSR count). The summed E-state index contributed by atoms with van der Waals surface area (Å²) in [5.74, 6) is -0.696. The van der Waals surface area contributed by atoms with E-state index in [2.05, 4.69) is 5.10 Å². The standard InChI is InChI=1S/C19H13Cl3N2O3/c1-2-27-19(26)17-14(10-25)18(11-3-5-12(20)6-4-11)24(23-17)16-8-7-13(21)9-15(16)22/h3-10H,2H2,1H3. The molecule has 0 spiro atoms. The fourth-order valence-electron chi connectivity index (χ4n) is 2.60. The smallest absolute Gasteiger partial charge is 0.359 e. The second kappa shape index (κ2) is 8.13. The lowest BCUT2D eigenvalue weighted by Crippen LogP contribution is -2.08. The topological polar surface area (TPSA) is 61.2 Å². The van der Waals surface area contributed by atoms with Crippen LogP contribution in [0.15, 0.2) is 42.5 Å². The molecule has 5 nitrogen and oxygen atoms in total. The zero-order chi connectivity index (χ0) is 19.6. The average Bonchev–Trinajstić information content (AvgIpc) is 3.02. The van der Waals surface area contributed by atoms with Crippen molar-refractivity contribution in [3.63, 3.8) is 0 Å². The normalized spacial score (nSPS) is 10.7. The molecule has 0 aliphatic carbocycles. The Hall–Kier alpha value is -2.34. The first kappa shape index (κ1) is 19.4. The molecule has 27 heavy (non-hydrogen) atoms. The van der Waals surface area contributed by atoms with Crippen LogP contribution in [0.2, 0.25) is 15.1 Å². The molecule has 1 aromatic heterocycles. The molecule has 0 unspecified atom stereocenters. The zero-order valence-corrected chi connectivity index (χ0v) is 16.3. The number of aldehydes is 1. The van der Waals surface area contributed by atoms with Gasteiger partial charge in [-0.3, -0.25) is 4.79 Å². The Morgan fingerprint density at radius 1 is 1.11 bits per heavy atom. The second-order valence-electron chi connectivity index (χ2n) is 5.46. The highest BCUT2D eigenvalue weighted by Crippen LogP contribution is 2.33. The first-order valence-corrected chi connectivity index (χ1v) is 9.06. The number of esters is 1. The molecule has 0 aliphatic rings. The molecular formula is C19H13Cl3N2O3. The molecule has 3 aromatic rings. The largest absolute Gasteiger partial charge is 0.461 e. The van der Waals surface area contributed by atoms with Crippen LogP contribution in [-0.4, -0.2) is 28.6 Å². The Bertz CT molecular complexity index is 1010. The highest BCUT2D eigenvalue weighted by Gasteiger charge is 2.26. The summed E-state index contributed by atoms with van der Waals surface area (Å²) in [4.78, 5) is 24.2. The molecule has 1 heterocycles. The summed E-state index contributed by atoms with van der Waals surface area (Å²) in [6.45, 7) is 1.83. The van der Waals surface area contributed by atoms with Crippen LogP contribution in [0, 0.1) is 0 Å². The van der Waals surface area contributed by atoms with E-state index in [9.17, 15) is 9.59 Å². The van der Waals surface area contributed by atoms with E-state index in [-0.39, 0.29) is 17.9 Å². The van der Waals surface area contributed by atoms with Crippen molar-refractivity contribution in [1.82, 2.24) is 9.78 Å². The van der Waals surface area contributed by atoms with Gasteiger partial charge in [0.15, 0.2) is 12.0 Å². The van der Waals surface area contributed by atoms with E-state index in [1.54, 1.807) is 49.4 Å². The van der Waals surface area contributed by atoms with Crippen molar-refractivity contribution in [2.75, 3.05) is 6.61 Å². The van der Waals surface area contributed by atoms with Crippen molar-refractivity contribution in [3.05, 3.63) is 68.8 Å². The van der Waals surface area contributed by atoms with Gasteiger partial charge in [0.05, 0.1) is 28.6 Å². The minimum absolute atomic E-state index is 0.0946. The van der Waals surface area contributed by atoms with Crippen molar-refractivity contribution in [2.45, 2.75) is 6.92 Å². The third-order valence-electron chi connectivity index (χ3n) is 3.76. The van der Waals surface area contributed by atoms with Crippen LogP contribution in [0.4, 0.5) is 0 Å². The van der Waals surface area contributed by atoms with Gasteiger partial charge >= 0.3 is 5.97 Å². The van der Waals surface area contributed by atoms with Crippen LogP contribution in [-0.2, 0) is 4.74 Å². The Morgan fingerprint density at radius 2 is 1.78 bits per heavy atom. The maximum atomic E-state index is 12.3. The summed E-state index contributed by atoms with van der Waals surface area (Å²) < 4.78 is 6.46. The minimum Gasteiger partial charge on any atom is -0.461 e. The molecule has 0 atom stereocenters. The first-order valence-electron chi connectivity index (χ1n) is 7.93. The number of hydrogen-bond donors (Lipinski definition) is 0. The van der Waals surface area contributed by atoms with Crippen molar-refractivity contribution < 1.29 is 14.3 Å². The van der Waals surface area contributed by atoms with E-state index >= 15 is 0 Å². The van der Waals surface area contributed by atoms with Crippen molar-refractivity contribution in [3.8, 4) is 16.9 Å². The van der Waals surface area contributed by atoms with E-state index in [4.69, 9.17) is 39.5 Å². The summed E-state index contributed by atoms with van der Waals surface area (Å²) >= 11 is 18.3. The lowest BCUT2D eigenvalue weighted by Gasteiger charge is -2.10. The molecular weight excluding hydrogens is 411 g/mol. The maximum absolute atomic E-state index is 12.3. The summed E-state index contributed by atoms with van der Waals surface area (Å²) in [6.07, 6.45) is 0.573. The van der Waals surface area contributed by atoms with Gasteiger partial charge in [0.1, 0.15) is 0 Å². The number of carbonyl (C=O) groups excluding carboxylic acids is 2. The first-order chi connectivity index (χ1) is 13.0. The highest BCUT2D eigenvalue weighted by atomic mass is 35.5. The van der Waals surface area contributed by atoms with Gasteiger partial charge in [-0.25, -0.2) is 9.48 Å². The SMILES string of the molecule is CCOC(=O)c1nn(-c2ccc(Cl)cc2Cl)c(-c2ccc(Cl)cc2)c1C=O. The average molecular weight is 424 g/mol. The van der Waals surface area contributed by atoms with E-state index in [0.29, 0.717) is 38.3 Å². The van der Waals surface area contributed by atoms with Gasteiger partial charge in [-0.1, -0.05) is 46.9 Å². The van der Waals surface area contributed by atoms with Crippen LogP contribution in [0.1, 0.15) is 27.8 Å². The summed E-state index contributed by atoms with van der Waals surface area (Å²) in [7, 11) is 0. The lowest BCUT2D eigenvalue weighted by atomic mass is 10.1. The Labute approximate surface area is 170 Å². The number of rotatable bonds is 5. The Morgan fingerprint density at radius 3 is 2.37 bits per heavy atom. The lowest BCUT2D eigenvalue weighted by molar-refractivity contribution is 0.0517. The maximum Gasteiger partial charge on any atom is 0.359 e. The van der Waals surface area contributed by atoms with Crippen LogP contribution in [0.25, 0.3) is 16.9 Å². The summed E-state index contributed by atoms with van der Waals surface area (Å²) in [5, 5.41) is 5.61. The van der Waals surface area contributed by atoms with Crippen LogP contribution in [0.3, 0.4) is 0 Å². The molecule has 8 heteroatoms. The number of ether oxygens (including phenoxy) is 1. The van der Waals surface area contributed by atoms with Crippen LogP contribution < -0.4 is 0 Å². The van der Waals surface area contributed by atoms with Crippen LogP contribution >= 0.6 is 34.8 Å². The van der Waals surface area contributed by atoms with E-state index in [0.717, 1.165) is 0 Å². The van der Waals surface area contributed by atoms with Gasteiger partial charge in [-0.2, -0.15) is 5.10 Å². The van der Waals surface area contributed by atoms with Gasteiger partial charge in [-0.15, -0.1) is 0 Å². The molecule has 0 saturated heterocycles. The Kier molecular flexibility index (Phi) is 5.85. The minimum atomic E-state index is -0.696. The van der Waals surface area contributed by atoms with E-state index < -0.39 is 5.97 Å². The predicted molar refractivity (Wildman–Crippen MR) is 105 cm³/mol. The predicted octanol–water partition coefficient (Wildman–Crippen LogP) is 5.49. The number of aromatic nitrogens is 2. The number of carbonyl (C=O) groups is 2. The molecule has 0 aliphatic heterocycles. The molecule has 0 saturated carbocycles. The molecule has 0 fully saturated rings. The molecule has 0 N–H and O–H groups in total. The van der Waals surface area contributed by atoms with Gasteiger partial charge < -0.3 is 4.74 Å². The van der Waals surface area contributed by atoms with E-state index in [1.165, 1.54) is 4.68 Å². The number of hydrogen-bond acceptors (Lipinski definition) is 4. The second-order valence-corrected chi connectivity index (χ2v) is 6.74. The van der Waals surface area contributed by atoms with E-state index in [1.807, 2.05) is 0 Å². The number of nitrogens with zero attached hydrogens (tertiary/aromatic N) is 2. The van der Waals surface area contributed by atoms with Crippen molar-refractivity contribution >= 4 is 47.1 Å². The summed E-state index contributed by atoms with van der Waals surface area (Å²) in [5.41, 5.74) is 1.50. The van der Waals surface area contributed by atoms with Crippen LogP contribution in [0.5, 0.6) is 0 Å². The molecule has 0 bridgehead atoms. The van der Waals surface area contributed by atoms with Crippen molar-refractivity contribution in [2.24, 2.45) is 0 Å². The quantitative estimate of drug-likeness (QED) is 0.402. The highest BCUT2D eigenvalue weighted by molar-refractivity contribution is 6.35. The number of benzene rings is 2. The molecule has 138 valence electrons. The van der Waals surface area contributed by atoms with Crippen molar-refractivity contribution in [1.29, 1.82) is 0 Å². The summed E-state index contributed by atoms with van der Waals surface area (Å²) in [6, 6.07) is 11.6. The molecule has 0 amide bonds. The third kappa shape index (κ3) is 3.86. The Balaban J connectivity index is 2.32.